The molecule has 0 radical (unpaired) electrons. The number of carbonyl (C=O) groups excluding carboxylic acids is 1. The van der Waals surface area contributed by atoms with E-state index in [4.69, 9.17) is 33.3 Å². The van der Waals surface area contributed by atoms with Crippen molar-refractivity contribution in [2.45, 2.75) is 27.4 Å². The van der Waals surface area contributed by atoms with Crippen molar-refractivity contribution in [2.75, 3.05) is 13.2 Å². The molecule has 30 heavy (non-hydrogen) atoms. The van der Waals surface area contributed by atoms with Gasteiger partial charge in [0.15, 0.2) is 11.5 Å². The fourth-order valence-electron chi connectivity index (χ4n) is 2.95. The Balaban J connectivity index is 1.79. The van der Waals surface area contributed by atoms with Crippen molar-refractivity contribution >= 4 is 51.9 Å². The molecule has 0 aliphatic carbocycles. The van der Waals surface area contributed by atoms with Gasteiger partial charge in [-0.3, -0.25) is 9.69 Å². The molecule has 1 saturated heterocycles. The summed E-state index contributed by atoms with van der Waals surface area (Å²) in [4.78, 5) is 15.0. The fraction of sp³-hybridized carbons (Fsp3) is 0.304. The summed E-state index contributed by atoms with van der Waals surface area (Å²) in [5.41, 5.74) is 1.76. The number of rotatable bonds is 8. The van der Waals surface area contributed by atoms with E-state index in [-0.39, 0.29) is 5.91 Å². The molecule has 1 amide bonds. The minimum absolute atomic E-state index is 0.0456. The van der Waals surface area contributed by atoms with Crippen molar-refractivity contribution in [3.05, 3.63) is 63.5 Å². The lowest BCUT2D eigenvalue weighted by atomic mass is 10.1. The van der Waals surface area contributed by atoms with Crippen LogP contribution in [0.4, 0.5) is 0 Å². The van der Waals surface area contributed by atoms with Gasteiger partial charge in [0.1, 0.15) is 10.9 Å². The fourth-order valence-corrected chi connectivity index (χ4v) is 4.41. The number of carbonyl (C=O) groups is 1. The number of benzene rings is 2. The summed E-state index contributed by atoms with van der Waals surface area (Å²) in [5, 5.41) is 0.663. The Morgan fingerprint density at radius 3 is 2.63 bits per heavy atom. The van der Waals surface area contributed by atoms with Gasteiger partial charge in [0, 0.05) is 17.1 Å². The summed E-state index contributed by atoms with van der Waals surface area (Å²) in [5.74, 6) is 1.55. The molecule has 158 valence electrons. The minimum Gasteiger partial charge on any atom is -0.490 e. The molecule has 1 aliphatic heterocycles. The van der Waals surface area contributed by atoms with Crippen molar-refractivity contribution in [3.8, 4) is 11.5 Å². The number of amides is 1. The SMILES string of the molecule is CCOc1cc(C=C2SC(=S)N(CC(C)C)C2=O)ccc1OCc1ccccc1Cl. The van der Waals surface area contributed by atoms with Gasteiger partial charge >= 0.3 is 0 Å². The lowest BCUT2D eigenvalue weighted by Gasteiger charge is -2.16. The highest BCUT2D eigenvalue weighted by Crippen LogP contribution is 2.35. The Bertz CT molecular complexity index is 975. The summed E-state index contributed by atoms with van der Waals surface area (Å²) in [7, 11) is 0. The summed E-state index contributed by atoms with van der Waals surface area (Å²) in [6.07, 6.45) is 1.85. The van der Waals surface area contributed by atoms with Crippen LogP contribution in [-0.4, -0.2) is 28.3 Å². The van der Waals surface area contributed by atoms with Gasteiger partial charge in [0.05, 0.1) is 11.5 Å². The molecular formula is C23H24ClNO3S2. The monoisotopic (exact) mass is 461 g/mol. The molecule has 0 aromatic heterocycles. The molecule has 7 heteroatoms. The third-order valence-electron chi connectivity index (χ3n) is 4.33. The number of thioether (sulfide) groups is 1. The average Bonchev–Trinajstić information content (AvgIpc) is 2.96. The normalized spacial score (nSPS) is 15.4. The maximum absolute atomic E-state index is 12.7. The standard InChI is InChI=1S/C23H24ClNO3S2/c1-4-27-20-11-16(12-21-22(26)25(13-15(2)3)23(29)30-21)9-10-19(20)28-14-17-7-5-6-8-18(17)24/h5-12,15H,4,13-14H2,1-3H3. The summed E-state index contributed by atoms with van der Waals surface area (Å²) in [6.45, 7) is 7.52. The van der Waals surface area contributed by atoms with Gasteiger partial charge in [0.25, 0.3) is 5.91 Å². The number of ether oxygens (including phenoxy) is 2. The van der Waals surface area contributed by atoms with Gasteiger partial charge < -0.3 is 9.47 Å². The van der Waals surface area contributed by atoms with Crippen LogP contribution in [0.25, 0.3) is 6.08 Å². The first-order valence-corrected chi connectivity index (χ1v) is 11.4. The lowest BCUT2D eigenvalue weighted by Crippen LogP contribution is -2.31. The third-order valence-corrected chi connectivity index (χ3v) is 6.07. The van der Waals surface area contributed by atoms with E-state index < -0.39 is 0 Å². The second-order valence-electron chi connectivity index (χ2n) is 7.21. The molecule has 3 rings (SSSR count). The first-order valence-electron chi connectivity index (χ1n) is 9.77. The molecule has 0 bridgehead atoms. The minimum atomic E-state index is -0.0456. The second kappa shape index (κ2) is 10.3. The number of hydrogen-bond acceptors (Lipinski definition) is 5. The van der Waals surface area contributed by atoms with Crippen molar-refractivity contribution in [1.82, 2.24) is 4.90 Å². The zero-order chi connectivity index (χ0) is 21.7. The quantitative estimate of drug-likeness (QED) is 0.347. The van der Waals surface area contributed by atoms with Gasteiger partial charge in [-0.05, 0) is 42.7 Å². The first-order chi connectivity index (χ1) is 14.4. The molecule has 0 spiro atoms. The Morgan fingerprint density at radius 1 is 1.17 bits per heavy atom. The molecule has 0 unspecified atom stereocenters. The number of nitrogens with zero attached hydrogens (tertiary/aromatic N) is 1. The molecule has 4 nitrogen and oxygen atoms in total. The van der Waals surface area contributed by atoms with E-state index >= 15 is 0 Å². The number of thiocarbonyl (C=S) groups is 1. The zero-order valence-corrected chi connectivity index (χ0v) is 19.6. The van der Waals surface area contributed by atoms with E-state index in [2.05, 4.69) is 13.8 Å². The Hall–Kier alpha value is -2.02. The highest BCUT2D eigenvalue weighted by molar-refractivity contribution is 8.26. The maximum atomic E-state index is 12.7. The van der Waals surface area contributed by atoms with Gasteiger partial charge in [-0.25, -0.2) is 0 Å². The topological polar surface area (TPSA) is 38.8 Å². The highest BCUT2D eigenvalue weighted by Gasteiger charge is 2.32. The molecule has 1 fully saturated rings. The van der Waals surface area contributed by atoms with Gasteiger partial charge in [0.2, 0.25) is 0 Å². The van der Waals surface area contributed by atoms with Crippen molar-refractivity contribution in [3.63, 3.8) is 0 Å². The predicted molar refractivity (Wildman–Crippen MR) is 128 cm³/mol. The van der Waals surface area contributed by atoms with E-state index in [9.17, 15) is 4.79 Å². The Morgan fingerprint density at radius 2 is 1.93 bits per heavy atom. The van der Waals surface area contributed by atoms with Crippen LogP contribution in [-0.2, 0) is 11.4 Å². The zero-order valence-electron chi connectivity index (χ0n) is 17.2. The highest BCUT2D eigenvalue weighted by atomic mass is 35.5. The third kappa shape index (κ3) is 5.56. The van der Waals surface area contributed by atoms with E-state index in [0.29, 0.717) is 51.4 Å². The second-order valence-corrected chi connectivity index (χ2v) is 9.29. The van der Waals surface area contributed by atoms with E-state index in [1.807, 2.05) is 55.5 Å². The van der Waals surface area contributed by atoms with E-state index in [1.54, 1.807) is 4.90 Å². The van der Waals surface area contributed by atoms with E-state index in [1.165, 1.54) is 11.8 Å². The average molecular weight is 462 g/mol. The molecular weight excluding hydrogens is 438 g/mol. The molecule has 1 aliphatic rings. The molecule has 1 heterocycles. The number of hydrogen-bond donors (Lipinski definition) is 0. The molecule has 0 atom stereocenters. The van der Waals surface area contributed by atoms with Crippen LogP contribution in [0.5, 0.6) is 11.5 Å². The van der Waals surface area contributed by atoms with Crippen LogP contribution in [0.3, 0.4) is 0 Å². The van der Waals surface area contributed by atoms with Crippen LogP contribution < -0.4 is 9.47 Å². The maximum Gasteiger partial charge on any atom is 0.266 e. The summed E-state index contributed by atoms with van der Waals surface area (Å²) < 4.78 is 12.3. The van der Waals surface area contributed by atoms with Crippen LogP contribution >= 0.6 is 35.6 Å². The van der Waals surface area contributed by atoms with Crippen LogP contribution in [0.15, 0.2) is 47.4 Å². The molecule has 0 saturated carbocycles. The smallest absolute Gasteiger partial charge is 0.266 e. The van der Waals surface area contributed by atoms with Crippen LogP contribution in [0.1, 0.15) is 31.9 Å². The number of halogens is 1. The van der Waals surface area contributed by atoms with E-state index in [0.717, 1.165) is 11.1 Å². The van der Waals surface area contributed by atoms with Crippen molar-refractivity contribution in [2.24, 2.45) is 5.92 Å². The van der Waals surface area contributed by atoms with Gasteiger partial charge in [-0.15, -0.1) is 0 Å². The predicted octanol–water partition coefficient (Wildman–Crippen LogP) is 6.17. The molecule has 0 N–H and O–H groups in total. The summed E-state index contributed by atoms with van der Waals surface area (Å²) in [6, 6.07) is 13.2. The summed E-state index contributed by atoms with van der Waals surface area (Å²) >= 11 is 12.9. The first kappa shape index (κ1) is 22.7. The van der Waals surface area contributed by atoms with Crippen molar-refractivity contribution in [1.29, 1.82) is 0 Å². The Kier molecular flexibility index (Phi) is 7.81. The van der Waals surface area contributed by atoms with Gasteiger partial charge in [-0.1, -0.05) is 73.7 Å². The largest absolute Gasteiger partial charge is 0.490 e. The molecule has 2 aromatic rings. The molecule has 2 aromatic carbocycles. The van der Waals surface area contributed by atoms with Crippen LogP contribution in [0.2, 0.25) is 5.02 Å². The Labute approximate surface area is 192 Å². The van der Waals surface area contributed by atoms with Crippen LogP contribution in [0, 0.1) is 5.92 Å². The van der Waals surface area contributed by atoms with Gasteiger partial charge in [-0.2, -0.15) is 0 Å². The lowest BCUT2D eigenvalue weighted by molar-refractivity contribution is -0.122. The van der Waals surface area contributed by atoms with Crippen molar-refractivity contribution < 1.29 is 14.3 Å².